The number of benzene rings is 2. The summed E-state index contributed by atoms with van der Waals surface area (Å²) in [4.78, 5) is 24.1. The Labute approximate surface area is 139 Å². The van der Waals surface area contributed by atoms with E-state index in [0.717, 1.165) is 11.1 Å². The zero-order valence-corrected chi connectivity index (χ0v) is 13.6. The highest BCUT2D eigenvalue weighted by Gasteiger charge is 2.17. The Hall–Kier alpha value is -3.08. The monoisotopic (exact) mass is 322 g/mol. The summed E-state index contributed by atoms with van der Waals surface area (Å²) < 4.78 is 7.08. The quantitative estimate of drug-likeness (QED) is 0.802. The lowest BCUT2D eigenvalue weighted by atomic mass is 10.1. The first kappa shape index (κ1) is 15.8. The van der Waals surface area contributed by atoms with Gasteiger partial charge in [0, 0.05) is 11.6 Å². The Bertz CT molecular complexity index is 941. The van der Waals surface area contributed by atoms with Crippen LogP contribution in [0.4, 0.5) is 0 Å². The number of carbonyl (C=O) groups is 2. The van der Waals surface area contributed by atoms with Crippen molar-refractivity contribution in [1.82, 2.24) is 4.57 Å². The van der Waals surface area contributed by atoms with Crippen molar-refractivity contribution in [1.29, 1.82) is 0 Å². The molecular formula is C19H18N2O3. The van der Waals surface area contributed by atoms with Crippen molar-refractivity contribution in [3.63, 3.8) is 0 Å². The molecular weight excluding hydrogens is 304 g/mol. The normalized spacial score (nSPS) is 10.8. The van der Waals surface area contributed by atoms with Crippen molar-refractivity contribution in [2.75, 3.05) is 6.61 Å². The third-order valence-corrected chi connectivity index (χ3v) is 4.15. The number of para-hydroxylation sites is 1. The van der Waals surface area contributed by atoms with Gasteiger partial charge in [-0.25, -0.2) is 0 Å². The second-order valence-corrected chi connectivity index (χ2v) is 5.67. The molecule has 0 aliphatic heterocycles. The lowest BCUT2D eigenvalue weighted by Gasteiger charge is -2.11. The molecule has 122 valence electrons. The predicted octanol–water partition coefficient (Wildman–Crippen LogP) is 3.08. The highest BCUT2D eigenvalue weighted by molar-refractivity contribution is 6.08. The Balaban J connectivity index is 1.89. The van der Waals surface area contributed by atoms with Gasteiger partial charge in [0.25, 0.3) is 11.8 Å². The lowest BCUT2D eigenvalue weighted by molar-refractivity contribution is 0.0842. The van der Waals surface area contributed by atoms with Crippen LogP contribution in [0.5, 0.6) is 5.75 Å². The smallest absolute Gasteiger partial charge is 0.269 e. The van der Waals surface area contributed by atoms with E-state index in [1.165, 1.54) is 10.8 Å². The first-order valence-electron chi connectivity index (χ1n) is 7.61. The molecule has 5 nitrogen and oxygen atoms in total. The highest BCUT2D eigenvalue weighted by atomic mass is 16.5. The molecule has 1 aromatic heterocycles. The van der Waals surface area contributed by atoms with Gasteiger partial charge < -0.3 is 10.5 Å². The zero-order valence-electron chi connectivity index (χ0n) is 13.6. The van der Waals surface area contributed by atoms with E-state index < -0.39 is 5.91 Å². The van der Waals surface area contributed by atoms with Crippen molar-refractivity contribution in [3.05, 3.63) is 65.4 Å². The van der Waals surface area contributed by atoms with E-state index in [1.54, 1.807) is 18.2 Å². The molecule has 3 rings (SSSR count). The van der Waals surface area contributed by atoms with Crippen LogP contribution in [0.2, 0.25) is 0 Å². The topological polar surface area (TPSA) is 74.3 Å². The minimum absolute atomic E-state index is 0.124. The summed E-state index contributed by atoms with van der Waals surface area (Å²) in [6, 6.07) is 12.9. The van der Waals surface area contributed by atoms with Gasteiger partial charge >= 0.3 is 0 Å². The van der Waals surface area contributed by atoms with E-state index in [-0.39, 0.29) is 12.5 Å². The molecule has 24 heavy (non-hydrogen) atoms. The molecule has 0 unspecified atom stereocenters. The van der Waals surface area contributed by atoms with Crippen LogP contribution in [0, 0.1) is 13.8 Å². The van der Waals surface area contributed by atoms with Gasteiger partial charge in [-0.05, 0) is 37.1 Å². The molecule has 0 saturated carbocycles. The number of nitrogens with two attached hydrogens (primary N) is 1. The Kier molecular flexibility index (Phi) is 4.08. The van der Waals surface area contributed by atoms with Crippen LogP contribution in [0.1, 0.15) is 26.3 Å². The van der Waals surface area contributed by atoms with Crippen LogP contribution in [0.25, 0.3) is 10.9 Å². The predicted molar refractivity (Wildman–Crippen MR) is 92.5 cm³/mol. The molecule has 3 aromatic rings. The van der Waals surface area contributed by atoms with Gasteiger partial charge in [0.2, 0.25) is 0 Å². The summed E-state index contributed by atoms with van der Waals surface area (Å²) in [5, 5.41) is 0.657. The fraction of sp³-hybridized carbons (Fsp3) is 0.158. The number of hydrogen-bond acceptors (Lipinski definition) is 3. The Morgan fingerprint density at radius 3 is 2.58 bits per heavy atom. The number of rotatable bonds is 4. The minimum Gasteiger partial charge on any atom is -0.483 e. The number of amides is 1. The van der Waals surface area contributed by atoms with Crippen LogP contribution in [-0.2, 0) is 0 Å². The van der Waals surface area contributed by atoms with E-state index in [2.05, 4.69) is 0 Å². The van der Waals surface area contributed by atoms with E-state index >= 15 is 0 Å². The van der Waals surface area contributed by atoms with Gasteiger partial charge in [0.05, 0.1) is 11.1 Å². The van der Waals surface area contributed by atoms with Crippen LogP contribution >= 0.6 is 0 Å². The van der Waals surface area contributed by atoms with Gasteiger partial charge in [0.15, 0.2) is 6.61 Å². The van der Waals surface area contributed by atoms with Crippen molar-refractivity contribution >= 4 is 22.7 Å². The highest BCUT2D eigenvalue weighted by Crippen LogP contribution is 2.23. The second kappa shape index (κ2) is 6.20. The first-order valence-corrected chi connectivity index (χ1v) is 7.61. The Morgan fingerprint density at radius 2 is 1.83 bits per heavy atom. The van der Waals surface area contributed by atoms with Gasteiger partial charge in [-0.15, -0.1) is 0 Å². The molecule has 0 spiro atoms. The molecule has 0 atom stereocenters. The molecule has 0 aliphatic carbocycles. The summed E-state index contributed by atoms with van der Waals surface area (Å²) in [6.07, 6.45) is 1.47. The third kappa shape index (κ3) is 2.76. The first-order chi connectivity index (χ1) is 11.5. The summed E-state index contributed by atoms with van der Waals surface area (Å²) in [5.74, 6) is -0.150. The number of hydrogen-bond donors (Lipinski definition) is 1. The Morgan fingerprint density at radius 1 is 1.08 bits per heavy atom. The molecule has 0 fully saturated rings. The zero-order chi connectivity index (χ0) is 17.3. The summed E-state index contributed by atoms with van der Waals surface area (Å²) in [7, 11) is 0. The molecule has 2 aromatic carbocycles. The number of nitrogens with zero attached hydrogens (tertiary/aromatic N) is 1. The number of aromatic nitrogens is 1. The van der Waals surface area contributed by atoms with Gasteiger partial charge in [-0.1, -0.05) is 30.3 Å². The molecule has 5 heteroatoms. The molecule has 0 saturated heterocycles. The lowest BCUT2D eigenvalue weighted by Crippen LogP contribution is -2.19. The van der Waals surface area contributed by atoms with E-state index in [9.17, 15) is 9.59 Å². The number of carbonyl (C=O) groups excluding carboxylic acids is 2. The number of ether oxygens (including phenoxy) is 1. The van der Waals surface area contributed by atoms with Crippen molar-refractivity contribution in [2.45, 2.75) is 13.8 Å². The third-order valence-electron chi connectivity index (χ3n) is 4.15. The second-order valence-electron chi connectivity index (χ2n) is 5.67. The molecule has 1 amide bonds. The number of primary amides is 1. The average molecular weight is 322 g/mol. The number of fused-ring (bicyclic) bond motifs is 1. The van der Waals surface area contributed by atoms with E-state index in [0.29, 0.717) is 22.2 Å². The van der Waals surface area contributed by atoms with Crippen LogP contribution in [-0.4, -0.2) is 23.0 Å². The molecule has 2 N–H and O–H groups in total. The largest absolute Gasteiger partial charge is 0.483 e. The molecule has 1 heterocycles. The van der Waals surface area contributed by atoms with E-state index in [1.807, 2.05) is 38.1 Å². The molecule has 0 aliphatic rings. The van der Waals surface area contributed by atoms with Gasteiger partial charge in [0.1, 0.15) is 5.75 Å². The summed E-state index contributed by atoms with van der Waals surface area (Å²) in [5.41, 5.74) is 8.46. The van der Waals surface area contributed by atoms with Crippen molar-refractivity contribution in [3.8, 4) is 5.75 Å². The van der Waals surface area contributed by atoms with E-state index in [4.69, 9.17) is 10.5 Å². The standard InChI is InChI=1S/C19H18N2O3/c1-12-6-5-9-17(13(12)2)24-11-18(22)21-10-15(19(20)23)14-7-3-4-8-16(14)21/h3-10H,11H2,1-2H3,(H2,20,23). The maximum atomic E-state index is 12.5. The van der Waals surface area contributed by atoms with Crippen LogP contribution in [0.3, 0.4) is 0 Å². The molecule has 0 radical (unpaired) electrons. The van der Waals surface area contributed by atoms with Crippen LogP contribution < -0.4 is 10.5 Å². The fourth-order valence-corrected chi connectivity index (χ4v) is 2.67. The minimum atomic E-state index is -0.562. The summed E-state index contributed by atoms with van der Waals surface area (Å²) >= 11 is 0. The fourth-order valence-electron chi connectivity index (χ4n) is 2.67. The summed E-state index contributed by atoms with van der Waals surface area (Å²) in [6.45, 7) is 3.81. The maximum Gasteiger partial charge on any atom is 0.269 e. The van der Waals surface area contributed by atoms with Crippen LogP contribution in [0.15, 0.2) is 48.7 Å². The van der Waals surface area contributed by atoms with Gasteiger partial charge in [-0.2, -0.15) is 0 Å². The van der Waals surface area contributed by atoms with Crippen molar-refractivity contribution < 1.29 is 14.3 Å². The molecule has 0 bridgehead atoms. The van der Waals surface area contributed by atoms with Crippen molar-refractivity contribution in [2.24, 2.45) is 5.73 Å². The number of aryl methyl sites for hydroxylation is 1. The average Bonchev–Trinajstić information content (AvgIpc) is 2.96. The van der Waals surface area contributed by atoms with Gasteiger partial charge in [-0.3, -0.25) is 14.2 Å². The maximum absolute atomic E-state index is 12.5. The SMILES string of the molecule is Cc1cccc(OCC(=O)n2cc(C(N)=O)c3ccccc32)c1C.